The molecule has 0 aromatic carbocycles. The minimum absolute atomic E-state index is 0.0744. The second-order valence-corrected chi connectivity index (χ2v) is 5.09. The summed E-state index contributed by atoms with van der Waals surface area (Å²) in [7, 11) is 0. The van der Waals surface area contributed by atoms with Gasteiger partial charge in [0.1, 0.15) is 0 Å². The maximum atomic E-state index is 11.7. The minimum atomic E-state index is -0.130. The molecule has 0 aliphatic heterocycles. The van der Waals surface area contributed by atoms with E-state index in [-0.39, 0.29) is 11.9 Å². The Labute approximate surface area is 97.7 Å². The third-order valence-corrected chi connectivity index (χ3v) is 3.55. The van der Waals surface area contributed by atoms with Crippen LogP contribution in [0.5, 0.6) is 0 Å². The highest BCUT2D eigenvalue weighted by Gasteiger charge is 2.34. The second-order valence-electron chi connectivity index (χ2n) is 3.67. The number of carbonyl (C=O) groups is 1. The van der Waals surface area contributed by atoms with E-state index in [0.29, 0.717) is 15.8 Å². The Morgan fingerprint density at radius 3 is 2.87 bits per heavy atom. The Hall–Kier alpha value is -0.940. The third kappa shape index (κ3) is 2.54. The molecule has 1 aromatic heterocycles. The average Bonchev–Trinajstić information content (AvgIpc) is 2.87. The van der Waals surface area contributed by atoms with Crippen molar-refractivity contribution in [3.05, 3.63) is 22.4 Å². The summed E-state index contributed by atoms with van der Waals surface area (Å²) >= 11 is 6.37. The molecule has 1 saturated carbocycles. The van der Waals surface area contributed by atoms with Crippen LogP contribution in [0.15, 0.2) is 17.5 Å². The Balaban J connectivity index is 2.00. The zero-order chi connectivity index (χ0) is 10.8. The molecule has 1 unspecified atom stereocenters. The Bertz CT molecular complexity index is 371. The summed E-state index contributed by atoms with van der Waals surface area (Å²) in [5, 5.41) is 4.76. The van der Waals surface area contributed by atoms with Crippen LogP contribution in [-0.4, -0.2) is 16.9 Å². The molecule has 2 rings (SSSR count). The van der Waals surface area contributed by atoms with Crippen LogP contribution in [0.2, 0.25) is 0 Å². The lowest BCUT2D eigenvalue weighted by atomic mass is 10.2. The molecule has 15 heavy (non-hydrogen) atoms. The van der Waals surface area contributed by atoms with Crippen LogP contribution in [0.1, 0.15) is 22.5 Å². The number of nitrogens with one attached hydrogen (secondary N) is 1. The van der Waals surface area contributed by atoms with Gasteiger partial charge in [0.25, 0.3) is 5.91 Å². The van der Waals surface area contributed by atoms with E-state index in [2.05, 4.69) is 5.32 Å². The van der Waals surface area contributed by atoms with Gasteiger partial charge in [0.15, 0.2) is 0 Å². The maximum Gasteiger partial charge on any atom is 0.261 e. The van der Waals surface area contributed by atoms with Crippen molar-refractivity contribution in [1.82, 2.24) is 5.32 Å². The van der Waals surface area contributed by atoms with Crippen molar-refractivity contribution in [3.8, 4) is 0 Å². The Morgan fingerprint density at radius 2 is 2.40 bits per heavy atom. The van der Waals surface area contributed by atoms with Gasteiger partial charge in [0.2, 0.25) is 0 Å². The molecule has 5 heteroatoms. The van der Waals surface area contributed by atoms with Gasteiger partial charge in [0.05, 0.1) is 15.9 Å². The monoisotopic (exact) mass is 240 g/mol. The van der Waals surface area contributed by atoms with Gasteiger partial charge in [-0.05, 0) is 30.2 Å². The van der Waals surface area contributed by atoms with Crippen LogP contribution in [0.4, 0.5) is 0 Å². The van der Waals surface area contributed by atoms with Crippen LogP contribution in [0, 0.1) is 5.92 Å². The molecule has 1 fully saturated rings. The summed E-state index contributed by atoms with van der Waals surface area (Å²) < 4.78 is 0. The van der Waals surface area contributed by atoms with E-state index < -0.39 is 0 Å². The van der Waals surface area contributed by atoms with Crippen molar-refractivity contribution < 1.29 is 4.79 Å². The van der Waals surface area contributed by atoms with E-state index in [0.717, 1.165) is 12.8 Å². The molecule has 1 atom stereocenters. The highest BCUT2D eigenvalue weighted by molar-refractivity contribution is 7.80. The molecule has 3 N–H and O–H groups in total. The molecule has 0 saturated heterocycles. The smallest absolute Gasteiger partial charge is 0.261 e. The van der Waals surface area contributed by atoms with Crippen molar-refractivity contribution in [1.29, 1.82) is 0 Å². The molecule has 0 radical (unpaired) electrons. The molecule has 0 bridgehead atoms. The number of hydrogen-bond acceptors (Lipinski definition) is 3. The lowest BCUT2D eigenvalue weighted by molar-refractivity contribution is 0.0948. The minimum Gasteiger partial charge on any atom is -0.392 e. The van der Waals surface area contributed by atoms with E-state index in [4.69, 9.17) is 18.0 Å². The van der Waals surface area contributed by atoms with Crippen LogP contribution < -0.4 is 11.1 Å². The first kappa shape index (κ1) is 10.6. The Morgan fingerprint density at radius 1 is 1.67 bits per heavy atom. The molecular formula is C10H12N2OS2. The molecule has 1 aromatic rings. The fourth-order valence-corrected chi connectivity index (χ4v) is 2.35. The zero-order valence-electron chi connectivity index (χ0n) is 8.10. The second kappa shape index (κ2) is 4.28. The highest BCUT2D eigenvalue weighted by atomic mass is 32.1. The van der Waals surface area contributed by atoms with Gasteiger partial charge in [0, 0.05) is 0 Å². The molecule has 0 spiro atoms. The molecular weight excluding hydrogens is 228 g/mol. The normalized spacial score (nSPS) is 17.1. The van der Waals surface area contributed by atoms with Gasteiger partial charge < -0.3 is 11.1 Å². The van der Waals surface area contributed by atoms with E-state index in [1.165, 1.54) is 11.3 Å². The Kier molecular flexibility index (Phi) is 3.02. The van der Waals surface area contributed by atoms with Crippen molar-refractivity contribution in [3.63, 3.8) is 0 Å². The van der Waals surface area contributed by atoms with Gasteiger partial charge in [-0.25, -0.2) is 0 Å². The van der Waals surface area contributed by atoms with Crippen molar-refractivity contribution >= 4 is 34.5 Å². The van der Waals surface area contributed by atoms with E-state index in [9.17, 15) is 4.79 Å². The molecule has 1 amide bonds. The van der Waals surface area contributed by atoms with Crippen LogP contribution in [0.25, 0.3) is 0 Å². The van der Waals surface area contributed by atoms with Crippen molar-refractivity contribution in [2.75, 3.05) is 0 Å². The summed E-state index contributed by atoms with van der Waals surface area (Å²) in [5.41, 5.74) is 5.60. The van der Waals surface area contributed by atoms with E-state index in [1.54, 1.807) is 6.07 Å². The molecule has 1 aliphatic rings. The number of hydrogen-bond donors (Lipinski definition) is 2. The molecule has 1 heterocycles. The lowest BCUT2D eigenvalue weighted by Gasteiger charge is -2.15. The standard InChI is InChI=1S/C10H12N2OS2/c11-9(14)8(6-3-4-6)12-10(13)7-2-1-5-15-7/h1-2,5-6,8H,3-4H2,(H2,11,14)(H,12,13). The topological polar surface area (TPSA) is 55.1 Å². The fourth-order valence-electron chi connectivity index (χ4n) is 1.47. The van der Waals surface area contributed by atoms with E-state index in [1.807, 2.05) is 11.4 Å². The quantitative estimate of drug-likeness (QED) is 0.785. The molecule has 1 aliphatic carbocycles. The van der Waals surface area contributed by atoms with Gasteiger partial charge in [-0.3, -0.25) is 4.79 Å². The summed E-state index contributed by atoms with van der Waals surface area (Å²) in [5.74, 6) is 0.376. The SMILES string of the molecule is NC(=S)C(NC(=O)c1cccs1)C1CC1. The number of rotatable bonds is 4. The summed E-state index contributed by atoms with van der Waals surface area (Å²) in [6.45, 7) is 0. The van der Waals surface area contributed by atoms with Crippen LogP contribution >= 0.6 is 23.6 Å². The van der Waals surface area contributed by atoms with E-state index >= 15 is 0 Å². The van der Waals surface area contributed by atoms with Crippen LogP contribution in [-0.2, 0) is 0 Å². The first-order valence-electron chi connectivity index (χ1n) is 4.82. The number of carbonyl (C=O) groups excluding carboxylic acids is 1. The van der Waals surface area contributed by atoms with Crippen molar-refractivity contribution in [2.24, 2.45) is 11.7 Å². The largest absolute Gasteiger partial charge is 0.392 e. The third-order valence-electron chi connectivity index (χ3n) is 2.43. The lowest BCUT2D eigenvalue weighted by Crippen LogP contribution is -2.44. The summed E-state index contributed by atoms with van der Waals surface area (Å²) in [4.78, 5) is 12.8. The van der Waals surface area contributed by atoms with Gasteiger partial charge in [-0.15, -0.1) is 11.3 Å². The first-order valence-corrected chi connectivity index (χ1v) is 6.11. The highest BCUT2D eigenvalue weighted by Crippen LogP contribution is 2.33. The fraction of sp³-hybridized carbons (Fsp3) is 0.400. The van der Waals surface area contributed by atoms with Crippen LogP contribution in [0.3, 0.4) is 0 Å². The maximum absolute atomic E-state index is 11.7. The predicted octanol–water partition coefficient (Wildman–Crippen LogP) is 1.54. The molecule has 3 nitrogen and oxygen atoms in total. The van der Waals surface area contributed by atoms with Gasteiger partial charge >= 0.3 is 0 Å². The first-order chi connectivity index (χ1) is 7.18. The number of nitrogens with two attached hydrogens (primary N) is 1. The summed E-state index contributed by atoms with van der Waals surface area (Å²) in [6, 6.07) is 3.52. The van der Waals surface area contributed by atoms with Gasteiger partial charge in [-0.1, -0.05) is 18.3 Å². The number of amides is 1. The van der Waals surface area contributed by atoms with Gasteiger partial charge in [-0.2, -0.15) is 0 Å². The average molecular weight is 240 g/mol. The zero-order valence-corrected chi connectivity index (χ0v) is 9.74. The number of thiophene rings is 1. The molecule has 80 valence electrons. The van der Waals surface area contributed by atoms with Crippen molar-refractivity contribution in [2.45, 2.75) is 18.9 Å². The summed E-state index contributed by atoms with van der Waals surface area (Å²) in [6.07, 6.45) is 2.21. The number of thiocarbonyl (C=S) groups is 1. The predicted molar refractivity (Wildman–Crippen MR) is 65.1 cm³/mol.